The van der Waals surface area contributed by atoms with Crippen LogP contribution >= 0.6 is 11.8 Å². The summed E-state index contributed by atoms with van der Waals surface area (Å²) in [6.07, 6.45) is 1.79. The number of nitrogens with zero attached hydrogens (tertiary/aromatic N) is 1. The Kier molecular flexibility index (Phi) is 4.23. The Hall–Kier alpha value is -1.52. The van der Waals surface area contributed by atoms with Crippen molar-refractivity contribution in [2.75, 3.05) is 7.11 Å². The van der Waals surface area contributed by atoms with Crippen molar-refractivity contribution in [1.82, 2.24) is 4.98 Å². The molecule has 2 aromatic rings. The maximum atomic E-state index is 5.86. The molecule has 0 radical (unpaired) electrons. The van der Waals surface area contributed by atoms with Gasteiger partial charge >= 0.3 is 0 Å². The fraction of sp³-hybridized carbons (Fsp3) is 0.214. The summed E-state index contributed by atoms with van der Waals surface area (Å²) in [6, 6.07) is 11.9. The molecule has 2 N–H and O–H groups in total. The molecule has 3 nitrogen and oxygen atoms in total. The Morgan fingerprint density at radius 1 is 1.28 bits per heavy atom. The molecule has 0 spiro atoms. The lowest BCUT2D eigenvalue weighted by atomic mass is 10.1. The number of rotatable bonds is 4. The summed E-state index contributed by atoms with van der Waals surface area (Å²) in [4.78, 5) is 5.44. The molecule has 0 saturated heterocycles. The van der Waals surface area contributed by atoms with Gasteiger partial charge in [0.25, 0.3) is 0 Å². The summed E-state index contributed by atoms with van der Waals surface area (Å²) < 4.78 is 5.20. The predicted octanol–water partition coefficient (Wildman–Crippen LogP) is 3.26. The van der Waals surface area contributed by atoms with Crippen LogP contribution in [0.25, 0.3) is 0 Å². The van der Waals surface area contributed by atoms with Crippen LogP contribution < -0.4 is 10.5 Å². The van der Waals surface area contributed by atoms with Gasteiger partial charge in [0.15, 0.2) is 0 Å². The minimum atomic E-state index is 0.0256. The van der Waals surface area contributed by atoms with Crippen molar-refractivity contribution in [1.29, 1.82) is 0 Å². The molecule has 0 saturated carbocycles. The van der Waals surface area contributed by atoms with Crippen molar-refractivity contribution in [3.05, 3.63) is 48.2 Å². The summed E-state index contributed by atoms with van der Waals surface area (Å²) >= 11 is 1.60. The normalized spacial score (nSPS) is 12.2. The molecule has 0 aliphatic rings. The molecule has 18 heavy (non-hydrogen) atoms. The highest BCUT2D eigenvalue weighted by molar-refractivity contribution is 7.99. The maximum absolute atomic E-state index is 5.86. The van der Waals surface area contributed by atoms with Gasteiger partial charge in [-0.15, -0.1) is 0 Å². The van der Waals surface area contributed by atoms with E-state index in [9.17, 15) is 0 Å². The molecule has 0 amide bonds. The zero-order chi connectivity index (χ0) is 13.0. The third kappa shape index (κ3) is 3.24. The molecular weight excluding hydrogens is 244 g/mol. The van der Waals surface area contributed by atoms with Crippen LogP contribution in [0.3, 0.4) is 0 Å². The largest absolute Gasteiger partial charge is 0.497 e. The number of hydrogen-bond acceptors (Lipinski definition) is 4. The number of aromatic nitrogens is 1. The predicted molar refractivity (Wildman–Crippen MR) is 74.0 cm³/mol. The van der Waals surface area contributed by atoms with Crippen LogP contribution in [0, 0.1) is 0 Å². The SMILES string of the molecule is COc1cccc(Sc2cc([C@@H](C)N)ccn2)c1. The van der Waals surface area contributed by atoms with E-state index in [2.05, 4.69) is 4.98 Å². The zero-order valence-electron chi connectivity index (χ0n) is 10.5. The first kappa shape index (κ1) is 12.9. The lowest BCUT2D eigenvalue weighted by Crippen LogP contribution is -2.04. The summed E-state index contributed by atoms with van der Waals surface area (Å²) in [5.41, 5.74) is 6.96. The molecule has 1 aromatic heterocycles. The second-order valence-corrected chi connectivity index (χ2v) is 5.09. The van der Waals surface area contributed by atoms with E-state index in [0.29, 0.717) is 0 Å². The quantitative estimate of drug-likeness (QED) is 0.916. The van der Waals surface area contributed by atoms with Gasteiger partial charge in [0.05, 0.1) is 7.11 Å². The highest BCUT2D eigenvalue weighted by Crippen LogP contribution is 2.29. The highest BCUT2D eigenvalue weighted by Gasteiger charge is 2.04. The Morgan fingerprint density at radius 2 is 2.11 bits per heavy atom. The average molecular weight is 260 g/mol. The molecule has 94 valence electrons. The maximum Gasteiger partial charge on any atom is 0.119 e. The monoisotopic (exact) mass is 260 g/mol. The van der Waals surface area contributed by atoms with E-state index in [1.165, 1.54) is 0 Å². The van der Waals surface area contributed by atoms with Crippen molar-refractivity contribution in [3.63, 3.8) is 0 Å². The number of pyridine rings is 1. The van der Waals surface area contributed by atoms with Gasteiger partial charge in [0.1, 0.15) is 10.8 Å². The van der Waals surface area contributed by atoms with Gasteiger partial charge in [0.2, 0.25) is 0 Å². The van der Waals surface area contributed by atoms with Crippen molar-refractivity contribution < 1.29 is 4.74 Å². The van der Waals surface area contributed by atoms with Crippen LogP contribution in [0.1, 0.15) is 18.5 Å². The Bertz CT molecular complexity index is 529. The summed E-state index contributed by atoms with van der Waals surface area (Å²) in [5, 5.41) is 0.943. The minimum absolute atomic E-state index is 0.0256. The molecule has 4 heteroatoms. The van der Waals surface area contributed by atoms with Crippen molar-refractivity contribution in [3.8, 4) is 5.75 Å². The van der Waals surface area contributed by atoms with E-state index in [4.69, 9.17) is 10.5 Å². The lowest BCUT2D eigenvalue weighted by Gasteiger charge is -2.07. The Morgan fingerprint density at radius 3 is 2.83 bits per heavy atom. The third-order valence-electron chi connectivity index (χ3n) is 2.55. The van der Waals surface area contributed by atoms with Crippen LogP contribution in [-0.4, -0.2) is 12.1 Å². The van der Waals surface area contributed by atoms with Gasteiger partial charge in [-0.05, 0) is 42.8 Å². The van der Waals surface area contributed by atoms with Gasteiger partial charge < -0.3 is 10.5 Å². The topological polar surface area (TPSA) is 48.1 Å². The van der Waals surface area contributed by atoms with Crippen molar-refractivity contribution in [2.24, 2.45) is 5.73 Å². The smallest absolute Gasteiger partial charge is 0.119 e. The lowest BCUT2D eigenvalue weighted by molar-refractivity contribution is 0.413. The van der Waals surface area contributed by atoms with E-state index in [0.717, 1.165) is 21.2 Å². The van der Waals surface area contributed by atoms with Crippen LogP contribution in [0.4, 0.5) is 0 Å². The standard InChI is InChI=1S/C14H16N2OS/c1-10(15)11-6-7-16-14(8-11)18-13-5-3-4-12(9-13)17-2/h3-10H,15H2,1-2H3/t10-/m1/s1. The molecule has 1 atom stereocenters. The molecular formula is C14H16N2OS. The molecule has 1 heterocycles. The van der Waals surface area contributed by atoms with Crippen LogP contribution in [0.2, 0.25) is 0 Å². The first-order valence-corrected chi connectivity index (χ1v) is 6.54. The fourth-order valence-corrected chi connectivity index (χ4v) is 2.42. The minimum Gasteiger partial charge on any atom is -0.497 e. The Labute approximate surface area is 111 Å². The number of methoxy groups -OCH3 is 1. The van der Waals surface area contributed by atoms with Gasteiger partial charge in [0, 0.05) is 17.1 Å². The van der Waals surface area contributed by atoms with Crippen molar-refractivity contribution >= 4 is 11.8 Å². The van der Waals surface area contributed by atoms with E-state index < -0.39 is 0 Å². The molecule has 0 aliphatic carbocycles. The first-order chi connectivity index (χ1) is 8.69. The van der Waals surface area contributed by atoms with Gasteiger partial charge in [-0.2, -0.15) is 0 Å². The fourth-order valence-electron chi connectivity index (χ4n) is 1.55. The number of nitrogens with two attached hydrogens (primary N) is 1. The molecule has 0 unspecified atom stereocenters. The Balaban J connectivity index is 2.20. The molecule has 1 aromatic carbocycles. The number of ether oxygens (including phenoxy) is 1. The summed E-state index contributed by atoms with van der Waals surface area (Å²) in [6.45, 7) is 1.97. The van der Waals surface area contributed by atoms with Crippen LogP contribution in [0.5, 0.6) is 5.75 Å². The van der Waals surface area contributed by atoms with Crippen molar-refractivity contribution in [2.45, 2.75) is 22.9 Å². The molecule has 0 aliphatic heterocycles. The first-order valence-electron chi connectivity index (χ1n) is 5.72. The molecule has 0 bridgehead atoms. The number of hydrogen-bond donors (Lipinski definition) is 1. The van der Waals surface area contributed by atoms with Gasteiger partial charge in [-0.3, -0.25) is 0 Å². The second kappa shape index (κ2) is 5.89. The van der Waals surface area contributed by atoms with E-state index in [1.807, 2.05) is 43.3 Å². The van der Waals surface area contributed by atoms with E-state index in [1.54, 1.807) is 25.1 Å². The second-order valence-electron chi connectivity index (χ2n) is 4.00. The van der Waals surface area contributed by atoms with Gasteiger partial charge in [-0.25, -0.2) is 4.98 Å². The molecule has 2 rings (SSSR count). The summed E-state index contributed by atoms with van der Waals surface area (Å²) in [5.74, 6) is 0.850. The average Bonchev–Trinajstić information content (AvgIpc) is 2.39. The van der Waals surface area contributed by atoms with Crippen LogP contribution in [-0.2, 0) is 0 Å². The highest BCUT2D eigenvalue weighted by atomic mass is 32.2. The van der Waals surface area contributed by atoms with Crippen LogP contribution in [0.15, 0.2) is 52.5 Å². The van der Waals surface area contributed by atoms with E-state index >= 15 is 0 Å². The molecule has 0 fully saturated rings. The summed E-state index contributed by atoms with van der Waals surface area (Å²) in [7, 11) is 1.67. The van der Waals surface area contributed by atoms with E-state index in [-0.39, 0.29) is 6.04 Å². The zero-order valence-corrected chi connectivity index (χ0v) is 11.3. The number of benzene rings is 1. The van der Waals surface area contributed by atoms with Gasteiger partial charge in [-0.1, -0.05) is 17.8 Å². The third-order valence-corrected chi connectivity index (χ3v) is 3.47.